The minimum Gasteiger partial charge on any atom is -0.456 e. The second-order valence-electron chi connectivity index (χ2n) is 16.4. The zero-order valence-corrected chi connectivity index (χ0v) is 38.2. The molecule has 12 aromatic rings. The molecule has 3 nitrogen and oxygen atoms in total. The van der Waals surface area contributed by atoms with Gasteiger partial charge in [-0.2, -0.15) is 9.90 Å². The number of hydrogen-bond donors (Lipinski definition) is 0. The molecule has 0 saturated heterocycles. The summed E-state index contributed by atoms with van der Waals surface area (Å²) in [6.07, 6.45) is 11.4. The Hall–Kier alpha value is -8.15. The fourth-order valence-corrected chi connectivity index (χ4v) is 9.19. The fourth-order valence-electron chi connectivity index (χ4n) is 9.19. The molecule has 66 heavy (non-hydrogen) atoms. The highest BCUT2D eigenvalue weighted by molar-refractivity contribution is 6.92. The first-order valence-corrected chi connectivity index (χ1v) is 22.0. The highest BCUT2D eigenvalue weighted by atomic mass is 31.0. The predicted octanol–water partition coefficient (Wildman–Crippen LogP) is 17.2. The predicted molar refractivity (Wildman–Crippen MR) is 286 cm³/mol. The molecule has 0 spiro atoms. The first-order valence-electron chi connectivity index (χ1n) is 22.0. The van der Waals surface area contributed by atoms with Crippen LogP contribution < -0.4 is 0 Å². The van der Waals surface area contributed by atoms with Crippen molar-refractivity contribution >= 4 is 81.2 Å². The number of aromatic nitrogens is 1. The number of allylic oxidation sites excluding steroid dienone is 4. The zero-order valence-electron chi connectivity index (χ0n) is 36.8. The molecule has 3 heterocycles. The highest BCUT2D eigenvalue weighted by Gasteiger charge is 2.17. The largest absolute Gasteiger partial charge is 0.456 e. The third-order valence-electron chi connectivity index (χ3n) is 12.4. The normalized spacial score (nSPS) is 11.7. The van der Waals surface area contributed by atoms with Crippen LogP contribution in [-0.4, -0.2) is 4.57 Å². The maximum Gasteiger partial charge on any atom is 0.135 e. The Morgan fingerprint density at radius 3 is 1.58 bits per heavy atom. The lowest BCUT2D eigenvalue weighted by Crippen LogP contribution is -1.93. The molecule has 0 N–H and O–H groups in total. The van der Waals surface area contributed by atoms with E-state index in [1.807, 2.05) is 43.3 Å². The average molecular weight is 868 g/mol. The van der Waals surface area contributed by atoms with Gasteiger partial charge in [0.2, 0.25) is 0 Å². The first-order chi connectivity index (χ1) is 32.0. The summed E-state index contributed by atoms with van der Waals surface area (Å²) < 4.78 is 14.9. The summed E-state index contributed by atoms with van der Waals surface area (Å²) in [7, 11) is 0. The number of benzene rings is 9. The van der Waals surface area contributed by atoms with E-state index < -0.39 is 0 Å². The molecule has 0 aliphatic rings. The van der Waals surface area contributed by atoms with Crippen LogP contribution in [0, 0.1) is 19.3 Å². The fraction of sp³-hybridized carbons (Fsp3) is 0.0323. The lowest BCUT2D eigenvalue weighted by molar-refractivity contribution is 0.668. The van der Waals surface area contributed by atoms with Crippen LogP contribution in [-0.2, 0) is 0 Å². The van der Waals surface area contributed by atoms with Crippen molar-refractivity contribution in [3.05, 3.63) is 230 Å². The molecular weight excluding hydrogens is 822 g/mol. The Morgan fingerprint density at radius 1 is 0.455 bits per heavy atom. The Labute approximate surface area is 387 Å². The topological polar surface area (TPSA) is 31.2 Å². The summed E-state index contributed by atoms with van der Waals surface area (Å²) in [5.41, 5.74) is 17.4. The van der Waals surface area contributed by atoms with Gasteiger partial charge in [-0.15, -0.1) is 6.42 Å². The lowest BCUT2D eigenvalue weighted by atomic mass is 9.96. The van der Waals surface area contributed by atoms with Crippen molar-refractivity contribution in [2.45, 2.75) is 13.8 Å². The third kappa shape index (κ3) is 7.69. The van der Waals surface area contributed by atoms with E-state index in [0.717, 1.165) is 105 Å². The summed E-state index contributed by atoms with van der Waals surface area (Å²) in [6.45, 7) is 4.13. The Bertz CT molecular complexity index is 3860. The molecule has 3 aromatic heterocycles. The zero-order chi connectivity index (χ0) is 43.9. The minimum atomic E-state index is 0. The van der Waals surface area contributed by atoms with Crippen molar-refractivity contribution in [3.8, 4) is 51.4 Å². The molecule has 316 valence electrons. The van der Waals surface area contributed by atoms with Gasteiger partial charge < -0.3 is 13.4 Å². The molecule has 1 unspecified atom stereocenters. The van der Waals surface area contributed by atoms with Crippen molar-refractivity contribution in [1.29, 1.82) is 0 Å². The van der Waals surface area contributed by atoms with E-state index in [-0.39, 0.29) is 9.90 Å². The molecular formula is C62H46NO2P. The number of hydrogen-bond acceptors (Lipinski definition) is 2. The maximum absolute atomic E-state index is 6.41. The average Bonchev–Trinajstić information content (AvgIpc) is 4.03. The SMILES string of the molecule is C#C/C=C\C(=C/C)c1ccc2c(c1)c1ccc(-c3ccc4oc5ccc(-c6cccc(-c7ccc8oc9ccccc9c8c7)c6)cc5c4c3)cc1n2-c1ccccc1.Cc1ccccc1.P. The second kappa shape index (κ2) is 17.8. The summed E-state index contributed by atoms with van der Waals surface area (Å²) in [4.78, 5) is 0. The van der Waals surface area contributed by atoms with E-state index in [9.17, 15) is 0 Å². The van der Waals surface area contributed by atoms with Crippen molar-refractivity contribution in [2.24, 2.45) is 0 Å². The number of nitrogens with zero attached hydrogens (tertiary/aromatic N) is 1. The second-order valence-corrected chi connectivity index (χ2v) is 16.4. The Kier molecular flexibility index (Phi) is 11.3. The summed E-state index contributed by atoms with van der Waals surface area (Å²) >= 11 is 0. The number of para-hydroxylation sites is 2. The summed E-state index contributed by atoms with van der Waals surface area (Å²) in [5, 5.41) is 6.84. The van der Waals surface area contributed by atoms with E-state index in [1.165, 1.54) is 16.3 Å². The molecule has 0 aliphatic carbocycles. The van der Waals surface area contributed by atoms with Crippen LogP contribution in [0.5, 0.6) is 0 Å². The van der Waals surface area contributed by atoms with Gasteiger partial charge in [0.05, 0.1) is 11.0 Å². The van der Waals surface area contributed by atoms with Crippen molar-refractivity contribution < 1.29 is 8.83 Å². The van der Waals surface area contributed by atoms with Crippen LogP contribution >= 0.6 is 9.90 Å². The molecule has 0 aliphatic heterocycles. The molecule has 12 rings (SSSR count). The van der Waals surface area contributed by atoms with E-state index in [2.05, 4.69) is 193 Å². The molecule has 0 fully saturated rings. The number of fused-ring (bicyclic) bond motifs is 9. The quantitative estimate of drug-likeness (QED) is 0.0947. The van der Waals surface area contributed by atoms with Gasteiger partial charge >= 0.3 is 0 Å². The van der Waals surface area contributed by atoms with Crippen LogP contribution in [0.3, 0.4) is 0 Å². The smallest absolute Gasteiger partial charge is 0.135 e. The standard InChI is InChI=1S/C55H35NO2.C7H8.H3P/c1-3-5-12-35(4-2)38-20-25-50-46(30-38)44-24-19-42(34-51(44)56(50)43-15-7-6-8-16-43)41-23-28-55-49(33-41)48-32-40(22-27-54(48)58-55)37-14-11-13-36(29-37)39-21-26-53-47(31-39)45-17-9-10-18-52(45)57-53;1-7-5-3-2-4-6-7;/h1,4-34H,2H3;2-6H,1H3;1H3/b12-5-,35-4+;;. The van der Waals surface area contributed by atoms with Gasteiger partial charge in [-0.05, 0) is 149 Å². The molecule has 0 amide bonds. The van der Waals surface area contributed by atoms with Gasteiger partial charge in [0, 0.05) is 38.0 Å². The molecule has 0 radical (unpaired) electrons. The number of aryl methyl sites for hydroxylation is 1. The minimum absolute atomic E-state index is 0. The summed E-state index contributed by atoms with van der Waals surface area (Å²) in [5.74, 6) is 2.63. The molecule has 0 bridgehead atoms. The van der Waals surface area contributed by atoms with E-state index in [0.29, 0.717) is 0 Å². The van der Waals surface area contributed by atoms with Gasteiger partial charge in [-0.1, -0.05) is 139 Å². The van der Waals surface area contributed by atoms with Gasteiger partial charge in [-0.3, -0.25) is 0 Å². The van der Waals surface area contributed by atoms with Crippen LogP contribution in [0.25, 0.3) is 110 Å². The van der Waals surface area contributed by atoms with E-state index in [4.69, 9.17) is 15.3 Å². The molecule has 4 heteroatoms. The van der Waals surface area contributed by atoms with E-state index >= 15 is 0 Å². The van der Waals surface area contributed by atoms with Crippen LogP contribution in [0.1, 0.15) is 18.1 Å². The van der Waals surface area contributed by atoms with Crippen molar-refractivity contribution in [3.63, 3.8) is 0 Å². The maximum atomic E-state index is 6.41. The Balaban J connectivity index is 0.000000588. The van der Waals surface area contributed by atoms with Gasteiger partial charge in [0.25, 0.3) is 0 Å². The van der Waals surface area contributed by atoms with Crippen molar-refractivity contribution in [1.82, 2.24) is 4.57 Å². The molecule has 1 atom stereocenters. The molecule has 9 aromatic carbocycles. The van der Waals surface area contributed by atoms with Gasteiger partial charge in [0.15, 0.2) is 0 Å². The first kappa shape index (κ1) is 41.8. The lowest BCUT2D eigenvalue weighted by Gasteiger charge is -2.09. The molecule has 0 saturated carbocycles. The monoisotopic (exact) mass is 867 g/mol. The number of furan rings is 2. The van der Waals surface area contributed by atoms with Gasteiger partial charge in [-0.25, -0.2) is 0 Å². The van der Waals surface area contributed by atoms with Crippen LogP contribution in [0.2, 0.25) is 0 Å². The van der Waals surface area contributed by atoms with Crippen LogP contribution in [0.4, 0.5) is 0 Å². The van der Waals surface area contributed by atoms with Gasteiger partial charge in [0.1, 0.15) is 22.3 Å². The third-order valence-corrected chi connectivity index (χ3v) is 12.4. The highest BCUT2D eigenvalue weighted by Crippen LogP contribution is 2.40. The van der Waals surface area contributed by atoms with Crippen molar-refractivity contribution in [2.75, 3.05) is 0 Å². The summed E-state index contributed by atoms with van der Waals surface area (Å²) in [6, 6.07) is 70.9. The Morgan fingerprint density at radius 2 is 0.985 bits per heavy atom. The number of terminal acetylenes is 1. The van der Waals surface area contributed by atoms with Crippen LogP contribution in [0.15, 0.2) is 227 Å². The number of rotatable bonds is 6. The van der Waals surface area contributed by atoms with E-state index in [1.54, 1.807) is 6.08 Å².